The minimum absolute atomic E-state index is 0.0770. The van der Waals surface area contributed by atoms with Gasteiger partial charge >= 0.3 is 0 Å². The number of aliphatic imine (C=N–C) groups is 1. The van der Waals surface area contributed by atoms with Gasteiger partial charge in [0, 0.05) is 24.6 Å². The molecule has 22 heavy (non-hydrogen) atoms. The zero-order chi connectivity index (χ0) is 16.2. The smallest absolute Gasteiger partial charge is 0.292 e. The minimum atomic E-state index is -1.57. The molecule has 1 heterocycles. The van der Waals surface area contributed by atoms with Gasteiger partial charge in [-0.3, -0.25) is 0 Å². The molecular formula is C15H13BrN4O2. The van der Waals surface area contributed by atoms with Crippen LogP contribution in [0, 0.1) is 33.5 Å². The van der Waals surface area contributed by atoms with Gasteiger partial charge in [0.2, 0.25) is 0 Å². The number of nitriles is 2. The maximum atomic E-state index is 9.87. The first-order chi connectivity index (χ1) is 10.5. The number of nitrogens with two attached hydrogens (primary N) is 1. The van der Waals surface area contributed by atoms with E-state index in [0.29, 0.717) is 0 Å². The molecule has 112 valence electrons. The van der Waals surface area contributed by atoms with Crippen LogP contribution in [0.3, 0.4) is 0 Å². The van der Waals surface area contributed by atoms with Crippen molar-refractivity contribution in [3.63, 3.8) is 0 Å². The van der Waals surface area contributed by atoms with Crippen LogP contribution in [0.5, 0.6) is 0 Å². The fourth-order valence-corrected chi connectivity index (χ4v) is 3.94. The van der Waals surface area contributed by atoms with E-state index in [1.54, 1.807) is 0 Å². The lowest BCUT2D eigenvalue weighted by Gasteiger charge is -2.29. The molecule has 2 aliphatic rings. The molecular weight excluding hydrogens is 348 g/mol. The molecule has 1 saturated carbocycles. The average Bonchev–Trinajstić information content (AvgIpc) is 3.11. The first-order valence-electron chi connectivity index (χ1n) is 6.53. The van der Waals surface area contributed by atoms with Crippen molar-refractivity contribution in [2.75, 3.05) is 14.2 Å². The Balaban J connectivity index is 2.23. The Morgan fingerprint density at radius 1 is 1.18 bits per heavy atom. The number of ether oxygens (including phenoxy) is 2. The number of methoxy groups -OCH3 is 2. The number of nitrogens with zero attached hydrogens (tertiary/aromatic N) is 3. The zero-order valence-corrected chi connectivity index (χ0v) is 13.6. The van der Waals surface area contributed by atoms with E-state index in [9.17, 15) is 10.5 Å². The highest BCUT2D eigenvalue weighted by atomic mass is 79.9. The van der Waals surface area contributed by atoms with Crippen LogP contribution in [0.15, 0.2) is 33.7 Å². The van der Waals surface area contributed by atoms with Crippen LogP contribution in [0.25, 0.3) is 0 Å². The molecule has 2 N–H and O–H groups in total. The van der Waals surface area contributed by atoms with Gasteiger partial charge in [0.1, 0.15) is 11.3 Å². The third-order valence-electron chi connectivity index (χ3n) is 4.68. The average molecular weight is 361 g/mol. The lowest BCUT2D eigenvalue weighted by atomic mass is 9.93. The topological polar surface area (TPSA) is 104 Å². The first kappa shape index (κ1) is 15.0. The molecule has 0 bridgehead atoms. The highest BCUT2D eigenvalue weighted by molar-refractivity contribution is 9.10. The van der Waals surface area contributed by atoms with Gasteiger partial charge in [0.05, 0.1) is 12.1 Å². The van der Waals surface area contributed by atoms with E-state index < -0.39 is 22.7 Å². The Bertz CT molecular complexity index is 744. The molecule has 1 aromatic rings. The summed E-state index contributed by atoms with van der Waals surface area (Å²) >= 11 is 3.37. The summed E-state index contributed by atoms with van der Waals surface area (Å²) < 4.78 is 11.7. The standard InChI is InChI=1S/C15H13BrN4O2/c1-21-15(22-2)14(8-18)11(9-3-5-10(16)6-4-9)13(14,7-17)12(19)20-15/h3-6,11H,1-2H3,(H2,19,20)/t11-,13+,14+/m0/s1. The second-order valence-corrected chi connectivity index (χ2v) is 6.23. The molecule has 1 aromatic carbocycles. The molecule has 7 heteroatoms. The quantitative estimate of drug-likeness (QED) is 0.828. The summed E-state index contributed by atoms with van der Waals surface area (Å²) in [6, 6.07) is 11.8. The van der Waals surface area contributed by atoms with E-state index >= 15 is 0 Å². The summed E-state index contributed by atoms with van der Waals surface area (Å²) in [7, 11) is 2.79. The molecule has 0 saturated heterocycles. The highest BCUT2D eigenvalue weighted by Crippen LogP contribution is 2.81. The van der Waals surface area contributed by atoms with Gasteiger partial charge in [-0.2, -0.15) is 10.5 Å². The van der Waals surface area contributed by atoms with Gasteiger partial charge in [-0.15, -0.1) is 0 Å². The van der Waals surface area contributed by atoms with Crippen LogP contribution in [0.2, 0.25) is 0 Å². The molecule has 3 rings (SSSR count). The number of amidine groups is 1. The van der Waals surface area contributed by atoms with Crippen molar-refractivity contribution in [3.05, 3.63) is 34.3 Å². The van der Waals surface area contributed by atoms with Crippen molar-refractivity contribution in [2.24, 2.45) is 21.6 Å². The normalized spacial score (nSPS) is 34.2. The molecule has 0 amide bonds. The molecule has 0 radical (unpaired) electrons. The third-order valence-corrected chi connectivity index (χ3v) is 5.21. The number of benzene rings is 1. The molecule has 0 spiro atoms. The summed E-state index contributed by atoms with van der Waals surface area (Å²) in [4.78, 5) is 4.16. The predicted molar refractivity (Wildman–Crippen MR) is 81.3 cm³/mol. The molecule has 3 atom stereocenters. The Labute approximate surface area is 136 Å². The van der Waals surface area contributed by atoms with Crippen LogP contribution in [0.1, 0.15) is 11.5 Å². The van der Waals surface area contributed by atoms with Crippen molar-refractivity contribution < 1.29 is 9.47 Å². The zero-order valence-electron chi connectivity index (χ0n) is 12.0. The van der Waals surface area contributed by atoms with Crippen molar-refractivity contribution in [2.45, 2.75) is 11.8 Å². The van der Waals surface area contributed by atoms with Crippen molar-refractivity contribution in [1.82, 2.24) is 0 Å². The van der Waals surface area contributed by atoms with E-state index in [1.807, 2.05) is 24.3 Å². The van der Waals surface area contributed by atoms with Gasteiger partial charge in [0.15, 0.2) is 5.41 Å². The van der Waals surface area contributed by atoms with Crippen molar-refractivity contribution in [3.8, 4) is 12.1 Å². The molecule has 0 aromatic heterocycles. The van der Waals surface area contributed by atoms with Crippen LogP contribution >= 0.6 is 15.9 Å². The summed E-state index contributed by atoms with van der Waals surface area (Å²) in [5, 5.41) is 19.6. The SMILES string of the molecule is COC1(OC)N=C(N)[C@@]2(C#N)[C@H](c3ccc(Br)cc3)[C@@]12C#N. The van der Waals surface area contributed by atoms with Crippen LogP contribution < -0.4 is 5.73 Å². The van der Waals surface area contributed by atoms with E-state index in [2.05, 4.69) is 33.1 Å². The fraction of sp³-hybridized carbons (Fsp3) is 0.400. The number of fused-ring (bicyclic) bond motifs is 1. The lowest BCUT2D eigenvalue weighted by molar-refractivity contribution is -0.230. The van der Waals surface area contributed by atoms with E-state index in [1.165, 1.54) is 14.2 Å². The van der Waals surface area contributed by atoms with Gasteiger partial charge < -0.3 is 15.2 Å². The van der Waals surface area contributed by atoms with E-state index in [0.717, 1.165) is 10.0 Å². The summed E-state index contributed by atoms with van der Waals surface area (Å²) in [6.45, 7) is 0. The minimum Gasteiger partial charge on any atom is -0.386 e. The third kappa shape index (κ3) is 1.32. The second-order valence-electron chi connectivity index (χ2n) is 5.31. The lowest BCUT2D eigenvalue weighted by Crippen LogP contribution is -2.41. The predicted octanol–water partition coefficient (Wildman–Crippen LogP) is 1.88. The van der Waals surface area contributed by atoms with Crippen LogP contribution in [-0.2, 0) is 9.47 Å². The molecule has 1 fully saturated rings. The number of halogens is 1. The molecule has 6 nitrogen and oxygen atoms in total. The van der Waals surface area contributed by atoms with Crippen LogP contribution in [-0.4, -0.2) is 26.0 Å². The Morgan fingerprint density at radius 2 is 1.77 bits per heavy atom. The van der Waals surface area contributed by atoms with Gasteiger partial charge in [-0.25, -0.2) is 4.99 Å². The van der Waals surface area contributed by atoms with Crippen molar-refractivity contribution in [1.29, 1.82) is 10.5 Å². The Kier molecular flexibility index (Phi) is 3.09. The first-order valence-corrected chi connectivity index (χ1v) is 7.33. The van der Waals surface area contributed by atoms with Gasteiger partial charge in [-0.1, -0.05) is 28.1 Å². The summed E-state index contributed by atoms with van der Waals surface area (Å²) in [6.07, 6.45) is 0. The number of hydrogen-bond acceptors (Lipinski definition) is 6. The Hall–Kier alpha value is -1.93. The largest absolute Gasteiger partial charge is 0.386 e. The van der Waals surface area contributed by atoms with E-state index in [4.69, 9.17) is 15.2 Å². The maximum absolute atomic E-state index is 9.87. The second kappa shape index (κ2) is 4.53. The van der Waals surface area contributed by atoms with E-state index in [-0.39, 0.29) is 5.84 Å². The molecule has 1 aliphatic carbocycles. The highest BCUT2D eigenvalue weighted by Gasteiger charge is 2.93. The monoisotopic (exact) mass is 360 g/mol. The van der Waals surface area contributed by atoms with Gasteiger partial charge in [-0.05, 0) is 17.7 Å². The number of rotatable bonds is 3. The number of hydrogen-bond donors (Lipinski definition) is 1. The summed E-state index contributed by atoms with van der Waals surface area (Å²) in [5.41, 5.74) is 4.31. The van der Waals surface area contributed by atoms with Crippen molar-refractivity contribution >= 4 is 21.8 Å². The molecule has 0 unspecified atom stereocenters. The maximum Gasteiger partial charge on any atom is 0.292 e. The van der Waals surface area contributed by atoms with Crippen LogP contribution in [0.4, 0.5) is 0 Å². The Morgan fingerprint density at radius 3 is 2.23 bits per heavy atom. The molecule has 1 aliphatic heterocycles. The summed E-state index contributed by atoms with van der Waals surface area (Å²) in [5.74, 6) is -1.95. The fourth-order valence-electron chi connectivity index (χ4n) is 3.68. The van der Waals surface area contributed by atoms with Gasteiger partial charge in [0.25, 0.3) is 5.91 Å².